The molecule has 0 aromatic carbocycles. The van der Waals surface area contributed by atoms with Gasteiger partial charge in [0.25, 0.3) is 0 Å². The second-order valence-electron chi connectivity index (χ2n) is 2.46. The fraction of sp³-hybridized carbons (Fsp3) is 0.286. The summed E-state index contributed by atoms with van der Waals surface area (Å²) in [5.74, 6) is 0.317. The quantitative estimate of drug-likeness (QED) is 0.661. The van der Waals surface area contributed by atoms with Gasteiger partial charge in [0.1, 0.15) is 5.02 Å². The Morgan fingerprint density at radius 2 is 2.43 bits per heavy atom. The van der Waals surface area contributed by atoms with Crippen LogP contribution in [0.25, 0.3) is 0 Å². The molecule has 7 heteroatoms. The van der Waals surface area contributed by atoms with Gasteiger partial charge in [-0.05, 0) is 0 Å². The van der Waals surface area contributed by atoms with Gasteiger partial charge in [-0.2, -0.15) is 4.98 Å². The van der Waals surface area contributed by atoms with Gasteiger partial charge in [0.2, 0.25) is 11.9 Å². The summed E-state index contributed by atoms with van der Waals surface area (Å²) in [6.07, 6.45) is 1.43. The average Bonchev–Trinajstić information content (AvgIpc) is 2.16. The molecule has 1 rings (SSSR count). The number of amides is 1. The van der Waals surface area contributed by atoms with Crippen LogP contribution in [-0.4, -0.2) is 29.5 Å². The molecule has 6 nitrogen and oxygen atoms in total. The molecule has 0 saturated carbocycles. The van der Waals surface area contributed by atoms with Crippen molar-refractivity contribution in [3.63, 3.8) is 0 Å². The van der Waals surface area contributed by atoms with Crippen molar-refractivity contribution in [2.45, 2.75) is 0 Å². The second-order valence-corrected chi connectivity index (χ2v) is 2.87. The molecular weight excluding hydrogens is 206 g/mol. The highest BCUT2D eigenvalue weighted by molar-refractivity contribution is 6.32. The molecule has 76 valence electrons. The normalized spacial score (nSPS) is 9.57. The Kier molecular flexibility index (Phi) is 3.47. The molecule has 0 aliphatic carbocycles. The SMILES string of the molecule is CNc1ncc(Cl)c(NCC(N)=O)n1. The van der Waals surface area contributed by atoms with E-state index in [1.54, 1.807) is 7.05 Å². The lowest BCUT2D eigenvalue weighted by Crippen LogP contribution is -2.22. The van der Waals surface area contributed by atoms with Crippen molar-refractivity contribution in [2.24, 2.45) is 5.73 Å². The summed E-state index contributed by atoms with van der Waals surface area (Å²) in [6.45, 7) is -0.0140. The van der Waals surface area contributed by atoms with Gasteiger partial charge in [-0.3, -0.25) is 4.79 Å². The highest BCUT2D eigenvalue weighted by Crippen LogP contribution is 2.18. The Morgan fingerprint density at radius 3 is 3.00 bits per heavy atom. The first-order valence-corrected chi connectivity index (χ1v) is 4.23. The Morgan fingerprint density at radius 1 is 1.71 bits per heavy atom. The topological polar surface area (TPSA) is 92.9 Å². The van der Waals surface area contributed by atoms with Crippen molar-refractivity contribution in [1.82, 2.24) is 9.97 Å². The number of anilines is 2. The monoisotopic (exact) mass is 215 g/mol. The third-order valence-electron chi connectivity index (χ3n) is 1.40. The number of carbonyl (C=O) groups excluding carboxylic acids is 1. The number of primary amides is 1. The van der Waals surface area contributed by atoms with Gasteiger partial charge in [0.05, 0.1) is 12.7 Å². The van der Waals surface area contributed by atoms with Crippen LogP contribution in [0.3, 0.4) is 0 Å². The minimum atomic E-state index is -0.481. The fourth-order valence-corrected chi connectivity index (χ4v) is 0.940. The fourth-order valence-electron chi connectivity index (χ4n) is 0.782. The van der Waals surface area contributed by atoms with Crippen molar-refractivity contribution in [2.75, 3.05) is 24.2 Å². The van der Waals surface area contributed by atoms with Crippen molar-refractivity contribution in [3.05, 3.63) is 11.2 Å². The smallest absolute Gasteiger partial charge is 0.236 e. The van der Waals surface area contributed by atoms with Gasteiger partial charge in [-0.1, -0.05) is 11.6 Å². The second kappa shape index (κ2) is 4.61. The Balaban J connectivity index is 2.78. The number of halogens is 1. The van der Waals surface area contributed by atoms with Gasteiger partial charge in [0, 0.05) is 7.05 Å². The van der Waals surface area contributed by atoms with Crippen molar-refractivity contribution in [3.8, 4) is 0 Å². The number of nitrogens with zero attached hydrogens (tertiary/aromatic N) is 2. The Labute approximate surface area is 85.9 Å². The number of nitrogens with two attached hydrogens (primary N) is 1. The summed E-state index contributed by atoms with van der Waals surface area (Å²) in [4.78, 5) is 18.4. The summed E-state index contributed by atoms with van der Waals surface area (Å²) in [6, 6.07) is 0. The Hall–Kier alpha value is -1.56. The molecule has 14 heavy (non-hydrogen) atoms. The summed E-state index contributed by atoms with van der Waals surface area (Å²) in [7, 11) is 1.68. The van der Waals surface area contributed by atoms with Crippen LogP contribution in [0.1, 0.15) is 0 Å². The molecular formula is C7H10ClN5O. The molecule has 1 aromatic heterocycles. The van der Waals surface area contributed by atoms with E-state index < -0.39 is 5.91 Å². The molecule has 0 aliphatic rings. The summed E-state index contributed by atoms with van der Waals surface area (Å²) < 4.78 is 0. The standard InChI is InChI=1S/C7H10ClN5O/c1-10-7-12-2-4(8)6(13-7)11-3-5(9)14/h2H,3H2,1H3,(H2,9,14)(H2,10,11,12,13). The van der Waals surface area contributed by atoms with E-state index >= 15 is 0 Å². The van der Waals surface area contributed by atoms with Crippen LogP contribution in [0.15, 0.2) is 6.20 Å². The molecule has 0 radical (unpaired) electrons. The van der Waals surface area contributed by atoms with Gasteiger partial charge >= 0.3 is 0 Å². The zero-order chi connectivity index (χ0) is 10.6. The maximum Gasteiger partial charge on any atom is 0.236 e. The minimum absolute atomic E-state index is 0.0140. The first kappa shape index (κ1) is 10.5. The van der Waals surface area contributed by atoms with Crippen LogP contribution in [0.5, 0.6) is 0 Å². The third kappa shape index (κ3) is 2.74. The molecule has 1 amide bonds. The molecule has 0 aliphatic heterocycles. The van der Waals surface area contributed by atoms with Crippen LogP contribution >= 0.6 is 11.6 Å². The van der Waals surface area contributed by atoms with Crippen LogP contribution < -0.4 is 16.4 Å². The number of hydrogen-bond acceptors (Lipinski definition) is 5. The van der Waals surface area contributed by atoms with Crippen molar-refractivity contribution < 1.29 is 4.79 Å². The highest BCUT2D eigenvalue weighted by Gasteiger charge is 2.04. The van der Waals surface area contributed by atoms with E-state index in [0.29, 0.717) is 16.8 Å². The third-order valence-corrected chi connectivity index (χ3v) is 1.67. The molecule has 0 unspecified atom stereocenters. The first-order valence-electron chi connectivity index (χ1n) is 3.86. The Bertz CT molecular complexity index is 343. The number of hydrogen-bond donors (Lipinski definition) is 3. The summed E-state index contributed by atoms with van der Waals surface area (Å²) in [5.41, 5.74) is 4.96. The largest absolute Gasteiger partial charge is 0.368 e. The van der Waals surface area contributed by atoms with Gasteiger partial charge < -0.3 is 16.4 Å². The maximum atomic E-state index is 10.5. The van der Waals surface area contributed by atoms with Gasteiger partial charge in [-0.15, -0.1) is 0 Å². The van der Waals surface area contributed by atoms with E-state index in [-0.39, 0.29) is 6.54 Å². The zero-order valence-corrected chi connectivity index (χ0v) is 8.30. The zero-order valence-electron chi connectivity index (χ0n) is 7.54. The molecule has 1 heterocycles. The van der Waals surface area contributed by atoms with Crippen LogP contribution in [-0.2, 0) is 4.79 Å². The number of aromatic nitrogens is 2. The van der Waals surface area contributed by atoms with E-state index in [4.69, 9.17) is 17.3 Å². The van der Waals surface area contributed by atoms with E-state index in [0.717, 1.165) is 0 Å². The lowest BCUT2D eigenvalue weighted by Gasteiger charge is -2.06. The first-order chi connectivity index (χ1) is 6.63. The van der Waals surface area contributed by atoms with E-state index in [1.165, 1.54) is 6.20 Å². The maximum absolute atomic E-state index is 10.5. The predicted octanol–water partition coefficient (Wildman–Crippen LogP) is 0.0689. The lowest BCUT2D eigenvalue weighted by atomic mass is 10.5. The van der Waals surface area contributed by atoms with Crippen molar-refractivity contribution >= 4 is 29.3 Å². The summed E-state index contributed by atoms with van der Waals surface area (Å²) >= 11 is 5.77. The average molecular weight is 216 g/mol. The minimum Gasteiger partial charge on any atom is -0.368 e. The molecule has 0 bridgehead atoms. The van der Waals surface area contributed by atoms with Gasteiger partial charge in [-0.25, -0.2) is 4.98 Å². The molecule has 0 saturated heterocycles. The molecule has 1 aromatic rings. The van der Waals surface area contributed by atoms with Crippen LogP contribution in [0.2, 0.25) is 5.02 Å². The molecule has 4 N–H and O–H groups in total. The number of carbonyl (C=O) groups is 1. The summed E-state index contributed by atoms with van der Waals surface area (Å²) in [5, 5.41) is 5.77. The number of rotatable bonds is 4. The van der Waals surface area contributed by atoms with Crippen LogP contribution in [0, 0.1) is 0 Å². The van der Waals surface area contributed by atoms with Gasteiger partial charge in [0.15, 0.2) is 5.82 Å². The van der Waals surface area contributed by atoms with E-state index in [1.807, 2.05) is 0 Å². The van der Waals surface area contributed by atoms with Crippen molar-refractivity contribution in [1.29, 1.82) is 0 Å². The van der Waals surface area contributed by atoms with E-state index in [9.17, 15) is 4.79 Å². The highest BCUT2D eigenvalue weighted by atomic mass is 35.5. The molecule has 0 atom stereocenters. The predicted molar refractivity (Wildman–Crippen MR) is 54.3 cm³/mol. The molecule has 0 spiro atoms. The molecule has 0 fully saturated rings. The van der Waals surface area contributed by atoms with Crippen LogP contribution in [0.4, 0.5) is 11.8 Å². The lowest BCUT2D eigenvalue weighted by molar-refractivity contribution is -0.116. The number of nitrogens with one attached hydrogen (secondary N) is 2. The van der Waals surface area contributed by atoms with E-state index in [2.05, 4.69) is 20.6 Å².